The molecule has 1 aromatic carbocycles. The fraction of sp³-hybridized carbons (Fsp3) is 0.571. The van der Waals surface area contributed by atoms with Gasteiger partial charge in [-0.1, -0.05) is 0 Å². The lowest BCUT2D eigenvalue weighted by Crippen LogP contribution is -2.39. The van der Waals surface area contributed by atoms with E-state index in [0.717, 1.165) is 23.1 Å². The number of ether oxygens (including phenoxy) is 1. The summed E-state index contributed by atoms with van der Waals surface area (Å²) < 4.78 is 5.18. The zero-order valence-corrected chi connectivity index (χ0v) is 11.0. The lowest BCUT2D eigenvalue weighted by molar-refractivity contribution is 0.413. The minimum absolute atomic E-state index is 0.782. The Labute approximate surface area is 107 Å². The van der Waals surface area contributed by atoms with Gasteiger partial charge in [-0.3, -0.25) is 0 Å². The van der Waals surface area contributed by atoms with E-state index >= 15 is 0 Å². The second-order valence-corrected chi connectivity index (χ2v) is 6.40. The standard InChI is InChI=1S/C14H19NOS/c1-16-12-4-6-13(7-5-12)17-14-8-10-2-3-11(9-14)15-10/h4-7,10-11,14-15H,2-3,8-9H2,1H3. The Balaban J connectivity index is 1.62. The number of thioether (sulfide) groups is 1. The van der Waals surface area contributed by atoms with Crippen molar-refractivity contribution >= 4 is 11.8 Å². The normalized spacial score (nSPS) is 31.5. The van der Waals surface area contributed by atoms with E-state index in [2.05, 4.69) is 29.6 Å². The average Bonchev–Trinajstić information content (AvgIpc) is 2.70. The maximum atomic E-state index is 5.18. The van der Waals surface area contributed by atoms with Crippen LogP contribution in [0.1, 0.15) is 25.7 Å². The van der Waals surface area contributed by atoms with Gasteiger partial charge in [0.1, 0.15) is 5.75 Å². The Morgan fingerprint density at radius 1 is 1.12 bits per heavy atom. The highest BCUT2D eigenvalue weighted by Gasteiger charge is 2.33. The number of nitrogens with one attached hydrogen (secondary N) is 1. The van der Waals surface area contributed by atoms with E-state index < -0.39 is 0 Å². The van der Waals surface area contributed by atoms with Gasteiger partial charge in [0.15, 0.2) is 0 Å². The third-order valence-corrected chi connectivity index (χ3v) is 5.05. The van der Waals surface area contributed by atoms with Gasteiger partial charge in [-0.05, 0) is 49.9 Å². The van der Waals surface area contributed by atoms with Crippen LogP contribution in [0.25, 0.3) is 0 Å². The van der Waals surface area contributed by atoms with Gasteiger partial charge in [0.2, 0.25) is 0 Å². The van der Waals surface area contributed by atoms with Crippen molar-refractivity contribution in [1.29, 1.82) is 0 Å². The van der Waals surface area contributed by atoms with Gasteiger partial charge >= 0.3 is 0 Å². The van der Waals surface area contributed by atoms with Crippen LogP contribution in [0.4, 0.5) is 0 Å². The molecule has 0 spiro atoms. The summed E-state index contributed by atoms with van der Waals surface area (Å²) in [5, 5.41) is 4.48. The molecule has 0 aliphatic carbocycles. The van der Waals surface area contributed by atoms with Crippen molar-refractivity contribution in [2.45, 2.75) is 47.9 Å². The van der Waals surface area contributed by atoms with Crippen LogP contribution < -0.4 is 10.1 Å². The zero-order valence-electron chi connectivity index (χ0n) is 10.2. The van der Waals surface area contributed by atoms with E-state index in [1.807, 2.05) is 11.8 Å². The number of benzene rings is 1. The second kappa shape index (κ2) is 4.91. The van der Waals surface area contributed by atoms with Crippen molar-refractivity contribution in [3.05, 3.63) is 24.3 Å². The van der Waals surface area contributed by atoms with E-state index in [4.69, 9.17) is 4.74 Å². The molecule has 2 nitrogen and oxygen atoms in total. The van der Waals surface area contributed by atoms with Crippen LogP contribution in [0.3, 0.4) is 0 Å². The number of piperidine rings is 1. The Morgan fingerprint density at radius 2 is 1.76 bits per heavy atom. The zero-order chi connectivity index (χ0) is 11.7. The molecule has 2 saturated heterocycles. The van der Waals surface area contributed by atoms with Crippen molar-refractivity contribution < 1.29 is 4.74 Å². The highest BCUT2D eigenvalue weighted by atomic mass is 32.2. The second-order valence-electron chi connectivity index (χ2n) is 5.02. The summed E-state index contributed by atoms with van der Waals surface area (Å²) in [7, 11) is 1.71. The predicted molar refractivity (Wildman–Crippen MR) is 71.8 cm³/mol. The summed E-state index contributed by atoms with van der Waals surface area (Å²) in [6, 6.07) is 10.0. The van der Waals surface area contributed by atoms with E-state index in [-0.39, 0.29) is 0 Å². The van der Waals surface area contributed by atoms with Crippen molar-refractivity contribution in [3.63, 3.8) is 0 Å². The topological polar surface area (TPSA) is 21.3 Å². The van der Waals surface area contributed by atoms with Crippen LogP contribution in [-0.2, 0) is 0 Å². The molecular weight excluding hydrogens is 230 g/mol. The summed E-state index contributed by atoms with van der Waals surface area (Å²) in [6.07, 6.45) is 5.41. The molecule has 2 atom stereocenters. The number of hydrogen-bond donors (Lipinski definition) is 1. The molecule has 0 radical (unpaired) electrons. The first kappa shape index (κ1) is 11.4. The molecule has 0 saturated carbocycles. The Bertz CT molecular complexity index is 366. The van der Waals surface area contributed by atoms with Gasteiger partial charge < -0.3 is 10.1 Å². The summed E-state index contributed by atoms with van der Waals surface area (Å²) >= 11 is 2.04. The Morgan fingerprint density at radius 3 is 2.35 bits per heavy atom. The van der Waals surface area contributed by atoms with E-state index in [1.165, 1.54) is 30.6 Å². The van der Waals surface area contributed by atoms with E-state index in [0.29, 0.717) is 0 Å². The molecule has 17 heavy (non-hydrogen) atoms. The Hall–Kier alpha value is -0.670. The van der Waals surface area contributed by atoms with Gasteiger partial charge in [0.25, 0.3) is 0 Å². The van der Waals surface area contributed by atoms with Crippen molar-refractivity contribution in [1.82, 2.24) is 5.32 Å². The largest absolute Gasteiger partial charge is 0.497 e. The summed E-state index contributed by atoms with van der Waals surface area (Å²) in [6.45, 7) is 0. The van der Waals surface area contributed by atoms with Crippen LogP contribution in [0, 0.1) is 0 Å². The molecule has 3 rings (SSSR count). The maximum Gasteiger partial charge on any atom is 0.118 e. The fourth-order valence-electron chi connectivity index (χ4n) is 2.95. The molecule has 0 amide bonds. The minimum Gasteiger partial charge on any atom is -0.497 e. The number of fused-ring (bicyclic) bond motifs is 2. The summed E-state index contributed by atoms with van der Waals surface area (Å²) in [5.41, 5.74) is 0. The molecule has 2 unspecified atom stereocenters. The highest BCUT2D eigenvalue weighted by molar-refractivity contribution is 8.00. The number of methoxy groups -OCH3 is 1. The SMILES string of the molecule is COc1ccc(SC2CC3CCC(C2)N3)cc1. The molecule has 2 bridgehead atoms. The number of rotatable bonds is 3. The fourth-order valence-corrected chi connectivity index (χ4v) is 4.28. The number of hydrogen-bond acceptors (Lipinski definition) is 3. The molecule has 92 valence electrons. The molecule has 0 aromatic heterocycles. The Kier molecular flexibility index (Phi) is 3.30. The third-order valence-electron chi connectivity index (χ3n) is 3.79. The lowest BCUT2D eigenvalue weighted by Gasteiger charge is -2.28. The molecule has 2 fully saturated rings. The molecular formula is C14H19NOS. The molecule has 2 aliphatic rings. The predicted octanol–water partition coefficient (Wildman–Crippen LogP) is 3.07. The van der Waals surface area contributed by atoms with Crippen LogP contribution in [-0.4, -0.2) is 24.4 Å². The maximum absolute atomic E-state index is 5.18. The van der Waals surface area contributed by atoms with Crippen molar-refractivity contribution in [3.8, 4) is 5.75 Å². The molecule has 2 heterocycles. The van der Waals surface area contributed by atoms with Crippen LogP contribution in [0.5, 0.6) is 5.75 Å². The minimum atomic E-state index is 0.782. The first-order valence-electron chi connectivity index (χ1n) is 6.40. The summed E-state index contributed by atoms with van der Waals surface area (Å²) in [5.74, 6) is 0.944. The molecule has 1 aromatic rings. The average molecular weight is 249 g/mol. The van der Waals surface area contributed by atoms with Crippen molar-refractivity contribution in [2.75, 3.05) is 7.11 Å². The van der Waals surface area contributed by atoms with E-state index in [9.17, 15) is 0 Å². The van der Waals surface area contributed by atoms with Gasteiger partial charge in [-0.25, -0.2) is 0 Å². The highest BCUT2D eigenvalue weighted by Crippen LogP contribution is 2.37. The van der Waals surface area contributed by atoms with Crippen molar-refractivity contribution in [2.24, 2.45) is 0 Å². The van der Waals surface area contributed by atoms with Gasteiger partial charge in [-0.2, -0.15) is 0 Å². The molecule has 3 heteroatoms. The first-order valence-corrected chi connectivity index (χ1v) is 7.28. The van der Waals surface area contributed by atoms with Gasteiger partial charge in [-0.15, -0.1) is 11.8 Å². The van der Waals surface area contributed by atoms with Crippen LogP contribution in [0.15, 0.2) is 29.2 Å². The molecule has 2 aliphatic heterocycles. The third kappa shape index (κ3) is 2.61. The molecule has 1 N–H and O–H groups in total. The van der Waals surface area contributed by atoms with Crippen LogP contribution >= 0.6 is 11.8 Å². The van der Waals surface area contributed by atoms with Gasteiger partial charge in [0.05, 0.1) is 7.11 Å². The monoisotopic (exact) mass is 249 g/mol. The smallest absolute Gasteiger partial charge is 0.118 e. The summed E-state index contributed by atoms with van der Waals surface area (Å²) in [4.78, 5) is 1.37. The van der Waals surface area contributed by atoms with Gasteiger partial charge in [0, 0.05) is 22.2 Å². The first-order chi connectivity index (χ1) is 8.33. The lowest BCUT2D eigenvalue weighted by atomic mass is 10.1. The quantitative estimate of drug-likeness (QED) is 0.889. The van der Waals surface area contributed by atoms with E-state index in [1.54, 1.807) is 7.11 Å². The van der Waals surface area contributed by atoms with Crippen LogP contribution in [0.2, 0.25) is 0 Å².